The van der Waals surface area contributed by atoms with Crippen molar-refractivity contribution in [3.8, 4) is 0 Å². The molecule has 0 saturated heterocycles. The van der Waals surface area contributed by atoms with E-state index in [9.17, 15) is 0 Å². The largest absolute Gasteiger partial charge is 0.182 e. The monoisotopic (exact) mass is 846 g/mol. The van der Waals surface area contributed by atoms with Crippen molar-refractivity contribution in [3.05, 3.63) is 200 Å². The van der Waals surface area contributed by atoms with Gasteiger partial charge in [-0.15, -0.1) is 22.4 Å². The maximum atomic E-state index is 2.60. The molecule has 1 atom stereocenters. The Morgan fingerprint density at radius 2 is 0.557 bits per heavy atom. The highest BCUT2D eigenvalue weighted by Gasteiger charge is 2.41. The van der Waals surface area contributed by atoms with Crippen LogP contribution >= 0.6 is 22.4 Å². The summed E-state index contributed by atoms with van der Waals surface area (Å²) in [6.45, 7) is 7.64. The molecule has 0 amide bonds. The topological polar surface area (TPSA) is 0 Å². The smallest absolute Gasteiger partial charge is 0.146 e. The van der Waals surface area contributed by atoms with Gasteiger partial charge in [-0.05, 0) is 126 Å². The first-order valence-corrected chi connectivity index (χ1v) is 29.8. The Morgan fingerprint density at radius 3 is 0.967 bits per heavy atom. The summed E-state index contributed by atoms with van der Waals surface area (Å²) in [5, 5.41) is 24.9. The second-order valence-electron chi connectivity index (χ2n) is 17.2. The van der Waals surface area contributed by atoms with Crippen LogP contribution in [0.15, 0.2) is 210 Å². The van der Waals surface area contributed by atoms with Gasteiger partial charge >= 0.3 is 0 Å². The minimum Gasteiger partial charge on any atom is -0.146 e. The summed E-state index contributed by atoms with van der Waals surface area (Å²) in [6.07, 6.45) is 0. The van der Waals surface area contributed by atoms with Gasteiger partial charge in [0.1, 0.15) is 7.22 Å². The molecule has 0 saturated carbocycles. The molecule has 0 spiro atoms. The van der Waals surface area contributed by atoms with Gasteiger partial charge in [-0.3, -0.25) is 0 Å². The second kappa shape index (κ2) is 14.1. The minimum atomic E-state index is -2.42. The molecule has 61 heavy (non-hydrogen) atoms. The average molecular weight is 847 g/mol. The molecule has 0 aliphatic carbocycles. The fourth-order valence-electron chi connectivity index (χ4n) is 10.4. The van der Waals surface area contributed by atoms with E-state index in [-0.39, 0.29) is 0 Å². The Hall–Kier alpha value is -5.89. The third-order valence-electron chi connectivity index (χ3n) is 13.3. The van der Waals surface area contributed by atoms with Crippen molar-refractivity contribution < 1.29 is 0 Å². The third-order valence-corrected chi connectivity index (χ3v) is 26.4. The van der Waals surface area contributed by atoms with Crippen LogP contribution in [0.3, 0.4) is 0 Å². The third kappa shape index (κ3) is 5.73. The van der Waals surface area contributed by atoms with E-state index in [1.807, 2.05) is 0 Å². The fraction of sp³-hybridized carbons (Fsp3) is 0.0526. The van der Waals surface area contributed by atoms with Crippen LogP contribution in [0.4, 0.5) is 0 Å². The number of fused-ring (bicyclic) bond motifs is 18. The SMILES string of the molecule is C[Si]1(C)Sc2ccccc2[Si](C)(c2ccc3c4ccccc4c4cc5c6ccccc6c6ccccc6c6ccccc6c5cc4c4ccccc4c3c2)Sc2ccccc21. The molecule has 12 rings (SSSR count). The predicted octanol–water partition coefficient (Wildman–Crippen LogP) is 15.0. The Kier molecular flexibility index (Phi) is 8.52. The van der Waals surface area contributed by atoms with Crippen LogP contribution in [-0.2, 0) is 0 Å². The Balaban J connectivity index is 1.25. The van der Waals surface area contributed by atoms with Gasteiger partial charge in [0.15, 0.2) is 7.22 Å². The normalized spacial score (nSPS) is 16.2. The molecule has 0 N–H and O–H groups in total. The number of benzene rings is 9. The predicted molar refractivity (Wildman–Crippen MR) is 277 cm³/mol. The van der Waals surface area contributed by atoms with E-state index in [0.717, 1.165) is 0 Å². The molecule has 1 aliphatic heterocycles. The zero-order valence-electron chi connectivity index (χ0n) is 34.4. The molecule has 1 unspecified atom stereocenters. The molecule has 0 aromatic heterocycles. The van der Waals surface area contributed by atoms with Crippen LogP contribution in [0, 0.1) is 0 Å². The number of hydrogen-bond acceptors (Lipinski definition) is 2. The summed E-state index contributed by atoms with van der Waals surface area (Å²) in [4.78, 5) is 2.92. The van der Waals surface area contributed by atoms with Gasteiger partial charge < -0.3 is 0 Å². The summed E-state index contributed by atoms with van der Waals surface area (Å²) in [5.41, 5.74) is 0. The summed E-state index contributed by atoms with van der Waals surface area (Å²) < 4.78 is 0. The van der Waals surface area contributed by atoms with E-state index in [2.05, 4.69) is 242 Å². The fourth-order valence-corrected chi connectivity index (χ4v) is 24.8. The van der Waals surface area contributed by atoms with Gasteiger partial charge in [0.05, 0.1) is 0 Å². The summed E-state index contributed by atoms with van der Waals surface area (Å²) in [5.74, 6) is 0. The molecule has 11 aromatic carbocycles. The van der Waals surface area contributed by atoms with E-state index in [4.69, 9.17) is 0 Å². The van der Waals surface area contributed by atoms with Crippen LogP contribution in [-0.4, -0.2) is 14.4 Å². The highest BCUT2D eigenvalue weighted by molar-refractivity contribution is 8.34. The Labute approximate surface area is 365 Å². The molecular formula is C57H42S2Si2. The van der Waals surface area contributed by atoms with Crippen LogP contribution in [0.2, 0.25) is 19.6 Å². The van der Waals surface area contributed by atoms with Gasteiger partial charge in [0, 0.05) is 9.79 Å². The van der Waals surface area contributed by atoms with Gasteiger partial charge in [-0.25, -0.2) is 0 Å². The molecule has 0 radical (unpaired) electrons. The molecule has 1 heterocycles. The summed E-state index contributed by atoms with van der Waals surface area (Å²) >= 11 is 4.33. The van der Waals surface area contributed by atoms with Crippen LogP contribution in [0.1, 0.15) is 0 Å². The number of hydrogen-bond donors (Lipinski definition) is 0. The zero-order chi connectivity index (χ0) is 40.9. The van der Waals surface area contributed by atoms with Crippen molar-refractivity contribution in [2.75, 3.05) is 0 Å². The maximum Gasteiger partial charge on any atom is 0.182 e. The standard InChI is InChI=1S/C57H42S2Si2/c1-60(2)56-30-16-14-28-54(56)59-61(3,57-31-17-15-29-55(57)58-60)37-32-33-48-42-22-8-11-25-45(42)52-35-50-43-23-9-6-20-40(43)38-18-4-5-19-39(38)41-21-7-10-24-44(41)51(50)36-53(52)47-27-13-12-26-46(47)49(48)34-37/h4-36H,1-3H3. The van der Waals surface area contributed by atoms with E-state index >= 15 is 0 Å². The lowest BCUT2D eigenvalue weighted by Crippen LogP contribution is -2.56. The highest BCUT2D eigenvalue weighted by atomic mass is 32.4. The summed E-state index contributed by atoms with van der Waals surface area (Å²) in [6, 6.07) is 76.5. The molecule has 11 aromatic rings. The highest BCUT2D eigenvalue weighted by Crippen LogP contribution is 2.43. The molecule has 1 aliphatic rings. The molecular weight excluding hydrogens is 805 g/mol. The lowest BCUT2D eigenvalue weighted by Gasteiger charge is -2.37. The van der Waals surface area contributed by atoms with Crippen molar-refractivity contribution >= 4 is 139 Å². The van der Waals surface area contributed by atoms with Crippen molar-refractivity contribution in [2.24, 2.45) is 0 Å². The lowest BCUT2D eigenvalue weighted by molar-refractivity contribution is 1.49. The first-order chi connectivity index (χ1) is 29.9. The molecule has 0 bridgehead atoms. The van der Waals surface area contributed by atoms with Crippen molar-refractivity contribution in [1.29, 1.82) is 0 Å². The van der Waals surface area contributed by atoms with Crippen molar-refractivity contribution in [1.82, 2.24) is 0 Å². The van der Waals surface area contributed by atoms with Crippen molar-refractivity contribution in [2.45, 2.75) is 29.4 Å². The second-order valence-corrected chi connectivity index (χ2v) is 31.9. The quantitative estimate of drug-likeness (QED) is 0.151. The van der Waals surface area contributed by atoms with Crippen molar-refractivity contribution in [3.63, 3.8) is 0 Å². The molecule has 4 heteroatoms. The zero-order valence-corrected chi connectivity index (χ0v) is 38.0. The summed E-state index contributed by atoms with van der Waals surface area (Å²) in [7, 11) is -4.24. The van der Waals surface area contributed by atoms with E-state index < -0.39 is 14.4 Å². The molecule has 0 fully saturated rings. The first kappa shape index (κ1) is 36.9. The van der Waals surface area contributed by atoms with Crippen LogP contribution in [0.5, 0.6) is 0 Å². The van der Waals surface area contributed by atoms with Gasteiger partial charge in [0.2, 0.25) is 0 Å². The number of rotatable bonds is 1. The Bertz CT molecular complexity index is 3720. The Morgan fingerprint density at radius 1 is 0.262 bits per heavy atom. The van der Waals surface area contributed by atoms with E-state index in [1.165, 1.54) is 106 Å². The van der Waals surface area contributed by atoms with Gasteiger partial charge in [-0.2, -0.15) is 0 Å². The van der Waals surface area contributed by atoms with Crippen LogP contribution in [0.25, 0.3) is 86.2 Å². The minimum absolute atomic E-state index is 1.26. The average Bonchev–Trinajstić information content (AvgIpc) is 3.30. The van der Waals surface area contributed by atoms with E-state index in [0.29, 0.717) is 0 Å². The van der Waals surface area contributed by atoms with Gasteiger partial charge in [-0.1, -0.05) is 196 Å². The van der Waals surface area contributed by atoms with E-state index in [1.54, 1.807) is 5.19 Å². The van der Waals surface area contributed by atoms with Crippen LogP contribution < -0.4 is 15.6 Å². The maximum absolute atomic E-state index is 2.60. The molecule has 0 nitrogen and oxygen atoms in total. The molecule has 290 valence electrons. The lowest BCUT2D eigenvalue weighted by atomic mass is 9.90. The van der Waals surface area contributed by atoms with Gasteiger partial charge in [0.25, 0.3) is 0 Å². The first-order valence-electron chi connectivity index (χ1n) is 21.3.